The predicted molar refractivity (Wildman–Crippen MR) is 83.9 cm³/mol. The van der Waals surface area contributed by atoms with E-state index in [9.17, 15) is 4.79 Å². The SMILES string of the molecule is CCCCC(CC)COCC(=O)Nc1ccccc1C#N. The second-order valence-corrected chi connectivity index (χ2v) is 5.14. The van der Waals surface area contributed by atoms with Gasteiger partial charge in [-0.2, -0.15) is 5.26 Å². The fourth-order valence-electron chi connectivity index (χ4n) is 2.09. The molecule has 0 saturated carbocycles. The number of nitrogens with zero attached hydrogens (tertiary/aromatic N) is 1. The first-order valence-electron chi connectivity index (χ1n) is 7.57. The normalized spacial score (nSPS) is 11.7. The van der Waals surface area contributed by atoms with E-state index < -0.39 is 0 Å². The second kappa shape index (κ2) is 9.95. The summed E-state index contributed by atoms with van der Waals surface area (Å²) in [4.78, 5) is 11.8. The molecule has 0 spiro atoms. The van der Waals surface area contributed by atoms with Crippen LogP contribution in [0.3, 0.4) is 0 Å². The molecule has 0 radical (unpaired) electrons. The van der Waals surface area contributed by atoms with Crippen molar-refractivity contribution < 1.29 is 9.53 Å². The number of anilines is 1. The number of nitriles is 1. The summed E-state index contributed by atoms with van der Waals surface area (Å²) < 4.78 is 5.50. The van der Waals surface area contributed by atoms with E-state index in [4.69, 9.17) is 10.00 Å². The summed E-state index contributed by atoms with van der Waals surface area (Å²) in [6.07, 6.45) is 4.59. The molecular formula is C17H24N2O2. The molecule has 4 nitrogen and oxygen atoms in total. The Morgan fingerprint density at radius 2 is 2.14 bits per heavy atom. The zero-order chi connectivity index (χ0) is 15.5. The van der Waals surface area contributed by atoms with E-state index in [0.29, 0.717) is 23.8 Å². The number of para-hydroxylation sites is 1. The number of hydrogen-bond acceptors (Lipinski definition) is 3. The van der Waals surface area contributed by atoms with Crippen LogP contribution in [0.2, 0.25) is 0 Å². The van der Waals surface area contributed by atoms with Crippen LogP contribution >= 0.6 is 0 Å². The van der Waals surface area contributed by atoms with Gasteiger partial charge >= 0.3 is 0 Å². The minimum atomic E-state index is -0.219. The number of amides is 1. The minimum absolute atomic E-state index is 0.0301. The topological polar surface area (TPSA) is 62.1 Å². The van der Waals surface area contributed by atoms with Crippen LogP contribution < -0.4 is 5.32 Å². The molecule has 0 aliphatic rings. The van der Waals surface area contributed by atoms with Gasteiger partial charge in [0, 0.05) is 0 Å². The van der Waals surface area contributed by atoms with Gasteiger partial charge in [0.05, 0.1) is 17.9 Å². The summed E-state index contributed by atoms with van der Waals surface area (Å²) in [5.41, 5.74) is 0.992. The zero-order valence-corrected chi connectivity index (χ0v) is 12.9. The van der Waals surface area contributed by atoms with Gasteiger partial charge in [0.15, 0.2) is 0 Å². The summed E-state index contributed by atoms with van der Waals surface area (Å²) in [6.45, 7) is 4.97. The van der Waals surface area contributed by atoms with Crippen LogP contribution in [0.1, 0.15) is 45.1 Å². The van der Waals surface area contributed by atoms with Crippen LogP contribution in [0.4, 0.5) is 5.69 Å². The highest BCUT2D eigenvalue weighted by molar-refractivity contribution is 5.92. The maximum absolute atomic E-state index is 11.8. The van der Waals surface area contributed by atoms with Gasteiger partial charge < -0.3 is 10.1 Å². The molecule has 0 bridgehead atoms. The molecule has 0 fully saturated rings. The third kappa shape index (κ3) is 6.42. The number of carbonyl (C=O) groups is 1. The Labute approximate surface area is 127 Å². The molecule has 0 aliphatic carbocycles. The lowest BCUT2D eigenvalue weighted by molar-refractivity contribution is -0.121. The summed E-state index contributed by atoms with van der Waals surface area (Å²) in [7, 11) is 0. The zero-order valence-electron chi connectivity index (χ0n) is 12.9. The van der Waals surface area contributed by atoms with Gasteiger partial charge in [-0.15, -0.1) is 0 Å². The number of ether oxygens (including phenoxy) is 1. The van der Waals surface area contributed by atoms with E-state index in [1.807, 2.05) is 0 Å². The van der Waals surface area contributed by atoms with Crippen molar-refractivity contribution in [3.63, 3.8) is 0 Å². The lowest BCUT2D eigenvalue weighted by Gasteiger charge is -2.14. The molecule has 1 atom stereocenters. The van der Waals surface area contributed by atoms with Crippen molar-refractivity contribution in [1.82, 2.24) is 0 Å². The van der Waals surface area contributed by atoms with Gasteiger partial charge in [0.1, 0.15) is 12.7 Å². The third-order valence-corrected chi connectivity index (χ3v) is 3.45. The van der Waals surface area contributed by atoms with Crippen molar-refractivity contribution in [2.45, 2.75) is 39.5 Å². The molecule has 1 unspecified atom stereocenters. The number of unbranched alkanes of at least 4 members (excludes halogenated alkanes) is 1. The van der Waals surface area contributed by atoms with Gasteiger partial charge in [-0.25, -0.2) is 0 Å². The fourth-order valence-corrected chi connectivity index (χ4v) is 2.09. The average Bonchev–Trinajstić information content (AvgIpc) is 2.51. The number of hydrogen-bond donors (Lipinski definition) is 1. The lowest BCUT2D eigenvalue weighted by Crippen LogP contribution is -2.21. The Bertz CT molecular complexity index is 480. The fraction of sp³-hybridized carbons (Fsp3) is 0.529. The van der Waals surface area contributed by atoms with Crippen LogP contribution in [0.25, 0.3) is 0 Å². The van der Waals surface area contributed by atoms with Gasteiger partial charge in [0.2, 0.25) is 5.91 Å². The van der Waals surface area contributed by atoms with E-state index in [0.717, 1.165) is 12.8 Å². The van der Waals surface area contributed by atoms with Gasteiger partial charge in [-0.3, -0.25) is 4.79 Å². The Kier molecular flexibility index (Phi) is 8.15. The van der Waals surface area contributed by atoms with Gasteiger partial charge in [-0.1, -0.05) is 45.2 Å². The monoisotopic (exact) mass is 288 g/mol. The third-order valence-electron chi connectivity index (χ3n) is 3.45. The molecule has 1 aromatic rings. The minimum Gasteiger partial charge on any atom is -0.371 e. The summed E-state index contributed by atoms with van der Waals surface area (Å²) in [5.74, 6) is 0.298. The van der Waals surface area contributed by atoms with Gasteiger partial charge in [0.25, 0.3) is 0 Å². The van der Waals surface area contributed by atoms with Crippen LogP contribution in [-0.2, 0) is 9.53 Å². The summed E-state index contributed by atoms with van der Waals surface area (Å²) in [6, 6.07) is 9.00. The first-order chi connectivity index (χ1) is 10.2. The maximum Gasteiger partial charge on any atom is 0.250 e. The van der Waals surface area contributed by atoms with Crippen molar-refractivity contribution in [2.75, 3.05) is 18.5 Å². The molecule has 4 heteroatoms. The van der Waals surface area contributed by atoms with E-state index in [1.54, 1.807) is 24.3 Å². The van der Waals surface area contributed by atoms with E-state index in [1.165, 1.54) is 12.8 Å². The van der Waals surface area contributed by atoms with Crippen LogP contribution in [0.15, 0.2) is 24.3 Å². The van der Waals surface area contributed by atoms with Crippen molar-refractivity contribution in [3.05, 3.63) is 29.8 Å². The van der Waals surface area contributed by atoms with E-state index >= 15 is 0 Å². The standard InChI is InChI=1S/C17H24N2O2/c1-3-5-8-14(4-2)12-21-13-17(20)19-16-10-7-6-9-15(16)11-18/h6-7,9-10,14H,3-5,8,12-13H2,1-2H3,(H,19,20). The Morgan fingerprint density at radius 1 is 1.38 bits per heavy atom. The summed E-state index contributed by atoms with van der Waals surface area (Å²) >= 11 is 0. The highest BCUT2D eigenvalue weighted by Gasteiger charge is 2.09. The van der Waals surface area contributed by atoms with Crippen LogP contribution in [-0.4, -0.2) is 19.1 Å². The molecule has 1 amide bonds. The lowest BCUT2D eigenvalue weighted by atomic mass is 10.0. The highest BCUT2D eigenvalue weighted by atomic mass is 16.5. The van der Waals surface area contributed by atoms with Crippen molar-refractivity contribution >= 4 is 11.6 Å². The first kappa shape index (κ1) is 17.2. The molecule has 1 aromatic carbocycles. The number of rotatable bonds is 9. The number of carbonyl (C=O) groups excluding carboxylic acids is 1. The Hall–Kier alpha value is -1.86. The largest absolute Gasteiger partial charge is 0.371 e. The van der Waals surface area contributed by atoms with Crippen molar-refractivity contribution in [2.24, 2.45) is 5.92 Å². The van der Waals surface area contributed by atoms with Crippen molar-refractivity contribution in [1.29, 1.82) is 5.26 Å². The van der Waals surface area contributed by atoms with Crippen LogP contribution in [0, 0.1) is 17.2 Å². The van der Waals surface area contributed by atoms with E-state index in [-0.39, 0.29) is 12.5 Å². The maximum atomic E-state index is 11.8. The molecule has 0 aliphatic heterocycles. The predicted octanol–water partition coefficient (Wildman–Crippen LogP) is 3.73. The van der Waals surface area contributed by atoms with Crippen LogP contribution in [0.5, 0.6) is 0 Å². The quantitative estimate of drug-likeness (QED) is 0.753. The molecular weight excluding hydrogens is 264 g/mol. The Morgan fingerprint density at radius 3 is 2.81 bits per heavy atom. The highest BCUT2D eigenvalue weighted by Crippen LogP contribution is 2.14. The molecule has 0 heterocycles. The smallest absolute Gasteiger partial charge is 0.250 e. The second-order valence-electron chi connectivity index (χ2n) is 5.14. The number of benzene rings is 1. The molecule has 0 saturated heterocycles. The molecule has 1 N–H and O–H groups in total. The van der Waals surface area contributed by atoms with Crippen molar-refractivity contribution in [3.8, 4) is 6.07 Å². The summed E-state index contributed by atoms with van der Waals surface area (Å²) in [5, 5.41) is 11.7. The first-order valence-corrected chi connectivity index (χ1v) is 7.57. The molecule has 114 valence electrons. The molecule has 1 rings (SSSR count). The van der Waals surface area contributed by atoms with E-state index in [2.05, 4.69) is 25.2 Å². The number of nitrogens with one attached hydrogen (secondary N) is 1. The molecule has 0 aromatic heterocycles. The molecule has 21 heavy (non-hydrogen) atoms. The van der Waals surface area contributed by atoms with Gasteiger partial charge in [-0.05, 0) is 24.5 Å². The Balaban J connectivity index is 2.36. The average molecular weight is 288 g/mol.